The van der Waals surface area contributed by atoms with Gasteiger partial charge in [0.05, 0.1) is 5.92 Å². The third kappa shape index (κ3) is 5.04. The minimum Gasteiger partial charge on any atom is -0.481 e. The summed E-state index contributed by atoms with van der Waals surface area (Å²) in [7, 11) is 0. The van der Waals surface area contributed by atoms with Crippen LogP contribution in [0, 0.1) is 5.92 Å². The summed E-state index contributed by atoms with van der Waals surface area (Å²) in [6, 6.07) is 18.7. The van der Waals surface area contributed by atoms with Crippen LogP contribution < -0.4 is 0 Å². The van der Waals surface area contributed by atoms with Gasteiger partial charge in [0.2, 0.25) is 0 Å². The molecule has 0 aliphatic carbocycles. The first-order chi connectivity index (χ1) is 10.7. The summed E-state index contributed by atoms with van der Waals surface area (Å²) in [4.78, 5) is 23.5. The Morgan fingerprint density at radius 2 is 1.55 bits per heavy atom. The first kappa shape index (κ1) is 16.3. The van der Waals surface area contributed by atoms with Crippen LogP contribution in [-0.2, 0) is 10.5 Å². The van der Waals surface area contributed by atoms with Gasteiger partial charge in [-0.25, -0.2) is 0 Å². The lowest BCUT2D eigenvalue weighted by molar-refractivity contribution is -0.140. The molecule has 0 heterocycles. The van der Waals surface area contributed by atoms with Gasteiger partial charge in [-0.1, -0.05) is 60.7 Å². The zero-order chi connectivity index (χ0) is 15.8. The second-order valence-corrected chi connectivity index (χ2v) is 6.06. The number of carboxylic acid groups (broad SMARTS) is 1. The molecule has 3 nitrogen and oxygen atoms in total. The van der Waals surface area contributed by atoms with E-state index in [2.05, 4.69) is 0 Å². The Labute approximate surface area is 134 Å². The van der Waals surface area contributed by atoms with Gasteiger partial charge in [-0.2, -0.15) is 11.8 Å². The van der Waals surface area contributed by atoms with Crippen molar-refractivity contribution in [1.29, 1.82) is 0 Å². The van der Waals surface area contributed by atoms with E-state index in [9.17, 15) is 14.7 Å². The highest BCUT2D eigenvalue weighted by atomic mass is 32.2. The molecule has 4 heteroatoms. The normalized spacial score (nSPS) is 11.8. The Bertz CT molecular complexity index is 611. The number of rotatable bonds is 8. The van der Waals surface area contributed by atoms with Crippen molar-refractivity contribution >= 4 is 23.5 Å². The molecule has 1 atom stereocenters. The number of hydrogen-bond donors (Lipinski definition) is 1. The van der Waals surface area contributed by atoms with Crippen molar-refractivity contribution in [1.82, 2.24) is 0 Å². The molecule has 2 aromatic carbocycles. The first-order valence-corrected chi connectivity index (χ1v) is 8.25. The lowest BCUT2D eigenvalue weighted by Gasteiger charge is -2.11. The molecule has 2 rings (SSSR count). The average Bonchev–Trinajstić information content (AvgIpc) is 2.55. The first-order valence-electron chi connectivity index (χ1n) is 7.09. The maximum atomic E-state index is 12.1. The average molecular weight is 314 g/mol. The van der Waals surface area contributed by atoms with E-state index in [1.54, 1.807) is 36.0 Å². The fourth-order valence-corrected chi connectivity index (χ4v) is 3.17. The molecule has 114 valence electrons. The summed E-state index contributed by atoms with van der Waals surface area (Å²) in [5.41, 5.74) is 1.73. The van der Waals surface area contributed by atoms with Gasteiger partial charge in [0.25, 0.3) is 0 Å². The number of benzene rings is 2. The SMILES string of the molecule is O=C(CC(CSCc1ccccc1)C(=O)O)c1ccccc1. The predicted octanol–water partition coefficient (Wildman–Crippen LogP) is 3.89. The van der Waals surface area contributed by atoms with Crippen LogP contribution in [0.15, 0.2) is 60.7 Å². The molecule has 0 saturated carbocycles. The number of ketones is 1. The van der Waals surface area contributed by atoms with Crippen LogP contribution in [0.3, 0.4) is 0 Å². The van der Waals surface area contributed by atoms with Crippen LogP contribution in [-0.4, -0.2) is 22.6 Å². The van der Waals surface area contributed by atoms with Gasteiger partial charge in [0, 0.05) is 23.5 Å². The number of aliphatic carboxylic acids is 1. The van der Waals surface area contributed by atoms with E-state index < -0.39 is 11.9 Å². The molecule has 0 radical (unpaired) electrons. The molecule has 0 amide bonds. The number of carboxylic acids is 1. The standard InChI is InChI=1S/C18H18O3S/c19-17(15-9-5-2-6-10-15)11-16(18(20)21)13-22-12-14-7-3-1-4-8-14/h1-10,16H,11-13H2,(H,20,21). The number of hydrogen-bond acceptors (Lipinski definition) is 3. The van der Waals surface area contributed by atoms with E-state index in [0.717, 1.165) is 11.3 Å². The number of carbonyl (C=O) groups excluding carboxylic acids is 1. The molecular formula is C18H18O3S. The lowest BCUT2D eigenvalue weighted by atomic mass is 10.00. The van der Waals surface area contributed by atoms with Crippen molar-refractivity contribution in [3.05, 3.63) is 71.8 Å². The third-order valence-corrected chi connectivity index (χ3v) is 4.48. The zero-order valence-electron chi connectivity index (χ0n) is 12.1. The fourth-order valence-electron chi connectivity index (χ4n) is 2.08. The minimum atomic E-state index is -0.912. The van der Waals surface area contributed by atoms with Gasteiger partial charge in [-0.05, 0) is 5.56 Å². The van der Waals surface area contributed by atoms with E-state index in [1.165, 1.54) is 0 Å². The Hall–Kier alpha value is -2.07. The number of thioether (sulfide) groups is 1. The second kappa shape index (κ2) is 8.39. The van der Waals surface area contributed by atoms with Gasteiger partial charge in [-0.3, -0.25) is 9.59 Å². The van der Waals surface area contributed by atoms with Crippen molar-refractivity contribution in [2.75, 3.05) is 5.75 Å². The minimum absolute atomic E-state index is 0.0428. The van der Waals surface area contributed by atoms with E-state index in [-0.39, 0.29) is 12.2 Å². The molecule has 0 bridgehead atoms. The molecule has 1 N–H and O–H groups in total. The second-order valence-electron chi connectivity index (χ2n) is 5.03. The Kier molecular flexibility index (Phi) is 6.22. The highest BCUT2D eigenvalue weighted by molar-refractivity contribution is 7.98. The van der Waals surface area contributed by atoms with Crippen LogP contribution in [0.25, 0.3) is 0 Å². The summed E-state index contributed by atoms with van der Waals surface area (Å²) < 4.78 is 0. The maximum absolute atomic E-state index is 12.1. The predicted molar refractivity (Wildman–Crippen MR) is 89.1 cm³/mol. The van der Waals surface area contributed by atoms with Crippen LogP contribution >= 0.6 is 11.8 Å². The molecule has 0 aromatic heterocycles. The van der Waals surface area contributed by atoms with Gasteiger partial charge in [-0.15, -0.1) is 0 Å². The van der Waals surface area contributed by atoms with E-state index in [0.29, 0.717) is 11.3 Å². The summed E-state index contributed by atoms with van der Waals surface area (Å²) in [5, 5.41) is 9.30. The Morgan fingerprint density at radius 1 is 0.955 bits per heavy atom. The highest BCUT2D eigenvalue weighted by Crippen LogP contribution is 2.19. The smallest absolute Gasteiger partial charge is 0.307 e. The Morgan fingerprint density at radius 3 is 2.14 bits per heavy atom. The number of Topliss-reactive ketones (excluding diaryl/α,β-unsaturated/α-hetero) is 1. The zero-order valence-corrected chi connectivity index (χ0v) is 13.0. The van der Waals surface area contributed by atoms with E-state index >= 15 is 0 Å². The monoisotopic (exact) mass is 314 g/mol. The van der Waals surface area contributed by atoms with Gasteiger partial charge < -0.3 is 5.11 Å². The molecule has 0 fully saturated rings. The van der Waals surface area contributed by atoms with Crippen LogP contribution in [0.5, 0.6) is 0 Å². The maximum Gasteiger partial charge on any atom is 0.307 e. The Balaban J connectivity index is 1.87. The molecular weight excluding hydrogens is 296 g/mol. The summed E-state index contributed by atoms with van der Waals surface area (Å²) >= 11 is 1.55. The van der Waals surface area contributed by atoms with Crippen molar-refractivity contribution < 1.29 is 14.7 Å². The summed E-state index contributed by atoms with van der Waals surface area (Å²) in [6.45, 7) is 0. The van der Waals surface area contributed by atoms with Gasteiger partial charge in [0.15, 0.2) is 5.78 Å². The molecule has 1 unspecified atom stereocenters. The van der Waals surface area contributed by atoms with Crippen molar-refractivity contribution in [2.24, 2.45) is 5.92 Å². The quantitative estimate of drug-likeness (QED) is 0.751. The summed E-state index contributed by atoms with van der Waals surface area (Å²) in [5.74, 6) is -0.494. The van der Waals surface area contributed by atoms with Gasteiger partial charge in [0.1, 0.15) is 0 Å². The molecule has 0 spiro atoms. The molecule has 0 saturated heterocycles. The fraction of sp³-hybridized carbons (Fsp3) is 0.222. The lowest BCUT2D eigenvalue weighted by Crippen LogP contribution is -2.20. The van der Waals surface area contributed by atoms with Gasteiger partial charge >= 0.3 is 5.97 Å². The third-order valence-electron chi connectivity index (χ3n) is 3.31. The molecule has 0 aliphatic heterocycles. The van der Waals surface area contributed by atoms with Crippen LogP contribution in [0.2, 0.25) is 0 Å². The molecule has 0 aliphatic rings. The summed E-state index contributed by atoms with van der Waals surface area (Å²) in [6.07, 6.45) is 0.0428. The number of carbonyl (C=O) groups is 2. The van der Waals surface area contributed by atoms with Crippen LogP contribution in [0.1, 0.15) is 22.3 Å². The highest BCUT2D eigenvalue weighted by Gasteiger charge is 2.21. The van der Waals surface area contributed by atoms with Crippen molar-refractivity contribution in [2.45, 2.75) is 12.2 Å². The van der Waals surface area contributed by atoms with Crippen LogP contribution in [0.4, 0.5) is 0 Å². The van der Waals surface area contributed by atoms with E-state index in [4.69, 9.17) is 0 Å². The van der Waals surface area contributed by atoms with Crippen molar-refractivity contribution in [3.63, 3.8) is 0 Å². The van der Waals surface area contributed by atoms with E-state index in [1.807, 2.05) is 36.4 Å². The topological polar surface area (TPSA) is 54.4 Å². The van der Waals surface area contributed by atoms with Crippen molar-refractivity contribution in [3.8, 4) is 0 Å². The molecule has 2 aromatic rings. The largest absolute Gasteiger partial charge is 0.481 e. The molecule has 22 heavy (non-hydrogen) atoms.